The van der Waals surface area contributed by atoms with Gasteiger partial charge in [0.05, 0.1) is 0 Å². The zero-order valence-corrected chi connectivity index (χ0v) is 11.2. The van der Waals surface area contributed by atoms with Crippen LogP contribution in [-0.4, -0.2) is 36.2 Å². The highest BCUT2D eigenvalue weighted by Gasteiger charge is 2.34. The Morgan fingerprint density at radius 3 is 2.88 bits per heavy atom. The van der Waals surface area contributed by atoms with Crippen LogP contribution in [0.25, 0.3) is 0 Å². The van der Waals surface area contributed by atoms with E-state index in [2.05, 4.69) is 26.6 Å². The van der Waals surface area contributed by atoms with Gasteiger partial charge in [-0.2, -0.15) is 0 Å². The number of benzene rings is 1. The first-order chi connectivity index (χ1) is 8.02. The van der Waals surface area contributed by atoms with E-state index in [0.29, 0.717) is 18.7 Å². The van der Waals surface area contributed by atoms with Crippen molar-refractivity contribution in [1.82, 2.24) is 10.6 Å². The van der Waals surface area contributed by atoms with Gasteiger partial charge in [-0.05, 0) is 24.6 Å². The van der Waals surface area contributed by atoms with Crippen molar-refractivity contribution in [2.24, 2.45) is 0 Å². The summed E-state index contributed by atoms with van der Waals surface area (Å²) in [7, 11) is 0. The largest absolute Gasteiger partial charge is 0.385 e. The van der Waals surface area contributed by atoms with E-state index in [0.717, 1.165) is 10.0 Å². The Kier molecular flexibility index (Phi) is 3.51. The topological polar surface area (TPSA) is 61.4 Å². The number of halogens is 1. The molecule has 4 nitrogen and oxygen atoms in total. The molecule has 1 aromatic rings. The van der Waals surface area contributed by atoms with Crippen LogP contribution in [0.1, 0.15) is 15.9 Å². The van der Waals surface area contributed by atoms with Crippen LogP contribution >= 0.6 is 15.9 Å². The maximum atomic E-state index is 11.9. The van der Waals surface area contributed by atoms with E-state index in [-0.39, 0.29) is 12.5 Å². The molecule has 5 heteroatoms. The van der Waals surface area contributed by atoms with Gasteiger partial charge < -0.3 is 15.7 Å². The van der Waals surface area contributed by atoms with Gasteiger partial charge in [0.1, 0.15) is 5.60 Å². The molecule has 0 atom stereocenters. The molecule has 0 spiro atoms. The summed E-state index contributed by atoms with van der Waals surface area (Å²) in [6, 6.07) is 5.50. The summed E-state index contributed by atoms with van der Waals surface area (Å²) >= 11 is 3.39. The van der Waals surface area contributed by atoms with E-state index in [4.69, 9.17) is 0 Å². The lowest BCUT2D eigenvalue weighted by atomic mass is 9.97. The molecule has 1 saturated heterocycles. The van der Waals surface area contributed by atoms with Crippen molar-refractivity contribution < 1.29 is 9.90 Å². The van der Waals surface area contributed by atoms with Crippen LogP contribution in [0.3, 0.4) is 0 Å². The van der Waals surface area contributed by atoms with Gasteiger partial charge in [-0.15, -0.1) is 0 Å². The zero-order chi connectivity index (χ0) is 12.5. The van der Waals surface area contributed by atoms with E-state index >= 15 is 0 Å². The summed E-state index contributed by atoms with van der Waals surface area (Å²) in [5.41, 5.74) is 0.759. The second-order valence-corrected chi connectivity index (χ2v) is 5.28. The second kappa shape index (κ2) is 4.76. The highest BCUT2D eigenvalue weighted by Crippen LogP contribution is 2.19. The van der Waals surface area contributed by atoms with Crippen LogP contribution in [0.15, 0.2) is 22.7 Å². The van der Waals surface area contributed by atoms with Crippen molar-refractivity contribution >= 4 is 21.8 Å². The monoisotopic (exact) mass is 298 g/mol. The molecule has 17 heavy (non-hydrogen) atoms. The Morgan fingerprint density at radius 1 is 1.59 bits per heavy atom. The average molecular weight is 299 g/mol. The first-order valence-electron chi connectivity index (χ1n) is 5.48. The van der Waals surface area contributed by atoms with Crippen molar-refractivity contribution in [2.45, 2.75) is 12.5 Å². The van der Waals surface area contributed by atoms with Crippen molar-refractivity contribution in [3.8, 4) is 0 Å². The molecule has 0 radical (unpaired) electrons. The molecule has 0 aliphatic carbocycles. The normalized spacial score (nSPS) is 17.4. The van der Waals surface area contributed by atoms with Crippen LogP contribution < -0.4 is 10.6 Å². The molecule has 1 fully saturated rings. The Bertz CT molecular complexity index is 444. The van der Waals surface area contributed by atoms with E-state index < -0.39 is 5.60 Å². The number of carbonyl (C=O) groups excluding carboxylic acids is 1. The van der Waals surface area contributed by atoms with Crippen LogP contribution in [-0.2, 0) is 0 Å². The Morgan fingerprint density at radius 2 is 2.29 bits per heavy atom. The third-order valence-electron chi connectivity index (χ3n) is 3.00. The number of β-amino-alcohol motifs (C(OH)–C–C–N with tert-alkyl or cyclic N) is 1. The first kappa shape index (κ1) is 12.5. The first-order valence-corrected chi connectivity index (χ1v) is 6.28. The maximum absolute atomic E-state index is 11.9. The fraction of sp³-hybridized carbons (Fsp3) is 0.417. The molecular formula is C12H15BrN2O2. The van der Waals surface area contributed by atoms with Crippen molar-refractivity contribution in [2.75, 3.05) is 19.6 Å². The van der Waals surface area contributed by atoms with Crippen molar-refractivity contribution in [3.05, 3.63) is 33.8 Å². The molecule has 1 heterocycles. The highest BCUT2D eigenvalue weighted by atomic mass is 79.9. The summed E-state index contributed by atoms with van der Waals surface area (Å²) in [5, 5.41) is 15.6. The van der Waals surface area contributed by atoms with Crippen molar-refractivity contribution in [3.63, 3.8) is 0 Å². The third-order valence-corrected chi connectivity index (χ3v) is 3.86. The van der Waals surface area contributed by atoms with Gasteiger partial charge in [0, 0.05) is 29.7 Å². The summed E-state index contributed by atoms with van der Waals surface area (Å²) < 4.78 is 0.911. The number of rotatable bonds is 3. The van der Waals surface area contributed by atoms with Crippen LogP contribution in [0, 0.1) is 6.92 Å². The van der Waals surface area contributed by atoms with E-state index in [1.807, 2.05) is 19.1 Å². The number of nitrogens with one attached hydrogen (secondary N) is 2. The SMILES string of the molecule is Cc1c(Br)cccc1C(=O)NCC1(O)CNC1. The third kappa shape index (κ3) is 2.68. The van der Waals surface area contributed by atoms with E-state index in [1.165, 1.54) is 0 Å². The molecule has 3 N–H and O–H groups in total. The number of hydrogen-bond donors (Lipinski definition) is 3. The van der Waals surface area contributed by atoms with E-state index in [1.54, 1.807) is 6.07 Å². The molecule has 1 aliphatic heterocycles. The summed E-state index contributed by atoms with van der Waals surface area (Å²) in [5.74, 6) is -0.149. The minimum Gasteiger partial charge on any atom is -0.385 e. The summed E-state index contributed by atoms with van der Waals surface area (Å²) in [4.78, 5) is 11.9. The minimum atomic E-state index is -0.782. The maximum Gasteiger partial charge on any atom is 0.251 e. The van der Waals surface area contributed by atoms with E-state index in [9.17, 15) is 9.90 Å². The Hall–Kier alpha value is -0.910. The molecule has 1 aromatic carbocycles. The molecule has 0 saturated carbocycles. The predicted molar refractivity (Wildman–Crippen MR) is 69.0 cm³/mol. The summed E-state index contributed by atoms with van der Waals surface area (Å²) in [6.07, 6.45) is 0. The predicted octanol–water partition coefficient (Wildman–Crippen LogP) is 0.822. The van der Waals surface area contributed by atoms with Crippen LogP contribution in [0.5, 0.6) is 0 Å². The van der Waals surface area contributed by atoms with Gasteiger partial charge in [0.2, 0.25) is 0 Å². The minimum absolute atomic E-state index is 0.149. The van der Waals surface area contributed by atoms with Gasteiger partial charge in [-0.25, -0.2) is 0 Å². The highest BCUT2D eigenvalue weighted by molar-refractivity contribution is 9.10. The zero-order valence-electron chi connectivity index (χ0n) is 9.59. The molecular weight excluding hydrogens is 284 g/mol. The van der Waals surface area contributed by atoms with Gasteiger partial charge in [-0.1, -0.05) is 22.0 Å². The van der Waals surface area contributed by atoms with Crippen LogP contribution in [0.2, 0.25) is 0 Å². The van der Waals surface area contributed by atoms with Gasteiger partial charge in [0.25, 0.3) is 5.91 Å². The smallest absolute Gasteiger partial charge is 0.251 e. The molecule has 2 rings (SSSR count). The fourth-order valence-electron chi connectivity index (χ4n) is 1.73. The quantitative estimate of drug-likeness (QED) is 0.774. The lowest BCUT2D eigenvalue weighted by molar-refractivity contribution is -0.00760. The molecule has 0 bridgehead atoms. The number of hydrogen-bond acceptors (Lipinski definition) is 3. The second-order valence-electron chi connectivity index (χ2n) is 4.42. The molecule has 1 aliphatic rings. The van der Waals surface area contributed by atoms with Gasteiger partial charge in [-0.3, -0.25) is 4.79 Å². The molecule has 1 amide bonds. The summed E-state index contributed by atoms with van der Waals surface area (Å²) in [6.45, 7) is 3.24. The van der Waals surface area contributed by atoms with Crippen molar-refractivity contribution in [1.29, 1.82) is 0 Å². The lowest BCUT2D eigenvalue weighted by Crippen LogP contribution is -2.64. The Labute approximate surface area is 109 Å². The molecule has 92 valence electrons. The lowest BCUT2D eigenvalue weighted by Gasteiger charge is -2.37. The molecule has 0 unspecified atom stereocenters. The number of carbonyl (C=O) groups is 1. The van der Waals surface area contributed by atoms with Gasteiger partial charge in [0.15, 0.2) is 0 Å². The Balaban J connectivity index is 2.02. The standard InChI is InChI=1S/C12H15BrN2O2/c1-8-9(3-2-4-10(8)13)11(16)15-7-12(17)5-14-6-12/h2-4,14,17H,5-7H2,1H3,(H,15,16). The number of amides is 1. The molecule has 0 aromatic heterocycles. The van der Waals surface area contributed by atoms with Gasteiger partial charge >= 0.3 is 0 Å². The average Bonchev–Trinajstić information content (AvgIpc) is 2.27. The van der Waals surface area contributed by atoms with Crippen LogP contribution in [0.4, 0.5) is 0 Å². The number of aliphatic hydroxyl groups is 1. The fourth-order valence-corrected chi connectivity index (χ4v) is 2.10.